The molecule has 0 atom stereocenters. The van der Waals surface area contributed by atoms with E-state index in [0.717, 1.165) is 61.3 Å². The van der Waals surface area contributed by atoms with Crippen molar-refractivity contribution in [2.24, 2.45) is 0 Å². The van der Waals surface area contributed by atoms with E-state index >= 15 is 0 Å². The lowest BCUT2D eigenvalue weighted by molar-refractivity contribution is -0.130. The zero-order valence-corrected chi connectivity index (χ0v) is 19.6. The summed E-state index contributed by atoms with van der Waals surface area (Å²) in [6.07, 6.45) is 4.71. The van der Waals surface area contributed by atoms with Crippen molar-refractivity contribution in [2.75, 3.05) is 13.1 Å². The van der Waals surface area contributed by atoms with E-state index in [1.165, 1.54) is 11.1 Å². The van der Waals surface area contributed by atoms with Gasteiger partial charge in [0.15, 0.2) is 0 Å². The predicted molar refractivity (Wildman–Crippen MR) is 133 cm³/mol. The highest BCUT2D eigenvalue weighted by molar-refractivity contribution is 5.76. The molecule has 1 aliphatic rings. The minimum absolute atomic E-state index is 0.129. The molecule has 3 heteroatoms. The van der Waals surface area contributed by atoms with Gasteiger partial charge >= 0.3 is 0 Å². The fourth-order valence-corrected chi connectivity index (χ4v) is 4.39. The molecule has 0 N–H and O–H groups in total. The first-order chi connectivity index (χ1) is 15.4. The maximum Gasteiger partial charge on any atom is 0.222 e. The predicted octanol–water partition coefficient (Wildman–Crippen LogP) is 6.66. The van der Waals surface area contributed by atoms with Crippen molar-refractivity contribution >= 4 is 5.91 Å². The van der Waals surface area contributed by atoms with Crippen molar-refractivity contribution < 1.29 is 4.79 Å². The number of hydrogen-bond donors (Lipinski definition) is 0. The van der Waals surface area contributed by atoms with E-state index in [9.17, 15) is 4.79 Å². The number of carbonyl (C=O) groups is 1. The van der Waals surface area contributed by atoms with Crippen LogP contribution in [0.1, 0.15) is 57.7 Å². The van der Waals surface area contributed by atoms with Gasteiger partial charge in [-0.3, -0.25) is 9.78 Å². The Balaban J connectivity index is 1.66. The maximum absolute atomic E-state index is 12.5. The van der Waals surface area contributed by atoms with Gasteiger partial charge in [-0.05, 0) is 35.4 Å². The molecule has 1 aromatic heterocycles. The Morgan fingerprint density at radius 1 is 0.844 bits per heavy atom. The lowest BCUT2D eigenvalue weighted by atomic mass is 9.86. The van der Waals surface area contributed by atoms with Crippen LogP contribution in [0, 0.1) is 0 Å². The highest BCUT2D eigenvalue weighted by atomic mass is 16.2. The summed E-state index contributed by atoms with van der Waals surface area (Å²) in [7, 11) is 0. The molecule has 166 valence electrons. The zero-order chi connectivity index (χ0) is 22.6. The highest BCUT2D eigenvalue weighted by Crippen LogP contribution is 2.30. The Hall–Kier alpha value is -2.94. The van der Waals surface area contributed by atoms with Crippen LogP contribution >= 0.6 is 0 Å². The summed E-state index contributed by atoms with van der Waals surface area (Å²) in [6, 6.07) is 23.5. The van der Waals surface area contributed by atoms with Crippen molar-refractivity contribution in [3.8, 4) is 22.4 Å². The van der Waals surface area contributed by atoms with Crippen molar-refractivity contribution in [2.45, 2.75) is 58.3 Å². The highest BCUT2D eigenvalue weighted by Gasteiger charge is 2.18. The monoisotopic (exact) mass is 426 g/mol. The second kappa shape index (κ2) is 9.68. The zero-order valence-electron chi connectivity index (χ0n) is 19.6. The number of amides is 1. The fraction of sp³-hybridized carbons (Fsp3) is 0.379. The number of likely N-dealkylation sites (tertiary alicyclic amines) is 1. The van der Waals surface area contributed by atoms with Crippen molar-refractivity contribution in [1.82, 2.24) is 9.88 Å². The SMILES string of the molecule is CC(C)(C)c1ccc(-c2ccc(-c3ccccc3)nc2CCN2CCCCCC2=O)cc1. The quantitative estimate of drug-likeness (QED) is 0.457. The third-order valence-electron chi connectivity index (χ3n) is 6.40. The second-order valence-electron chi connectivity index (χ2n) is 9.83. The van der Waals surface area contributed by atoms with E-state index in [0.29, 0.717) is 6.42 Å². The number of pyridine rings is 1. The average molecular weight is 427 g/mol. The number of aromatic nitrogens is 1. The number of nitrogens with zero attached hydrogens (tertiary/aromatic N) is 2. The Labute approximate surface area is 192 Å². The Morgan fingerprint density at radius 3 is 2.31 bits per heavy atom. The summed E-state index contributed by atoms with van der Waals surface area (Å²) < 4.78 is 0. The van der Waals surface area contributed by atoms with Crippen LogP contribution in [0.25, 0.3) is 22.4 Å². The molecule has 0 radical (unpaired) electrons. The van der Waals surface area contributed by atoms with Gasteiger partial charge in [-0.1, -0.05) is 87.9 Å². The number of hydrogen-bond acceptors (Lipinski definition) is 2. The molecule has 4 rings (SSSR count). The minimum atomic E-state index is 0.129. The van der Waals surface area contributed by atoms with Crippen LogP contribution in [-0.4, -0.2) is 28.9 Å². The lowest BCUT2D eigenvalue weighted by Gasteiger charge is -2.22. The Morgan fingerprint density at radius 2 is 1.59 bits per heavy atom. The third kappa shape index (κ3) is 5.27. The summed E-state index contributed by atoms with van der Waals surface area (Å²) in [4.78, 5) is 19.6. The van der Waals surface area contributed by atoms with Crippen LogP contribution in [0.4, 0.5) is 0 Å². The summed E-state index contributed by atoms with van der Waals surface area (Å²) in [5.74, 6) is 0.290. The molecule has 2 aromatic carbocycles. The summed E-state index contributed by atoms with van der Waals surface area (Å²) in [6.45, 7) is 8.31. The van der Waals surface area contributed by atoms with Gasteiger partial charge in [0.1, 0.15) is 0 Å². The molecule has 32 heavy (non-hydrogen) atoms. The standard InChI is InChI=1S/C29H34N2O/c1-29(2,3)24-15-13-22(14-16-24)25-17-18-26(23-10-6-4-7-11-23)30-27(25)19-21-31-20-9-5-8-12-28(31)32/h4,6-7,10-11,13-18H,5,8-9,12,19-21H2,1-3H3. The van der Waals surface area contributed by atoms with Crippen LogP contribution in [0.15, 0.2) is 66.7 Å². The van der Waals surface area contributed by atoms with E-state index in [-0.39, 0.29) is 11.3 Å². The van der Waals surface area contributed by atoms with Crippen LogP contribution in [0.2, 0.25) is 0 Å². The van der Waals surface area contributed by atoms with Gasteiger partial charge in [0, 0.05) is 37.1 Å². The third-order valence-corrected chi connectivity index (χ3v) is 6.40. The van der Waals surface area contributed by atoms with Gasteiger partial charge in [-0.25, -0.2) is 0 Å². The molecule has 3 aromatic rings. The van der Waals surface area contributed by atoms with E-state index in [4.69, 9.17) is 4.98 Å². The van der Waals surface area contributed by atoms with Gasteiger partial charge in [0.25, 0.3) is 0 Å². The molecule has 3 nitrogen and oxygen atoms in total. The number of rotatable bonds is 5. The normalized spacial score (nSPS) is 15.0. The first-order valence-electron chi connectivity index (χ1n) is 11.9. The van der Waals surface area contributed by atoms with Crippen LogP contribution in [0.3, 0.4) is 0 Å². The largest absolute Gasteiger partial charge is 0.342 e. The number of benzene rings is 2. The molecule has 1 amide bonds. The molecular formula is C29H34N2O. The van der Waals surface area contributed by atoms with Gasteiger partial charge in [0.05, 0.1) is 11.4 Å². The molecule has 1 saturated heterocycles. The first-order valence-corrected chi connectivity index (χ1v) is 11.9. The maximum atomic E-state index is 12.5. The molecule has 0 aliphatic carbocycles. The van der Waals surface area contributed by atoms with E-state index < -0.39 is 0 Å². The molecule has 1 aliphatic heterocycles. The van der Waals surface area contributed by atoms with Crippen molar-refractivity contribution in [1.29, 1.82) is 0 Å². The van der Waals surface area contributed by atoms with Crippen LogP contribution in [-0.2, 0) is 16.6 Å². The van der Waals surface area contributed by atoms with Gasteiger partial charge in [-0.15, -0.1) is 0 Å². The van der Waals surface area contributed by atoms with Crippen molar-refractivity contribution in [3.05, 3.63) is 78.0 Å². The van der Waals surface area contributed by atoms with Crippen molar-refractivity contribution in [3.63, 3.8) is 0 Å². The molecule has 1 fully saturated rings. The van der Waals surface area contributed by atoms with Gasteiger partial charge < -0.3 is 4.90 Å². The van der Waals surface area contributed by atoms with E-state index in [2.05, 4.69) is 69.3 Å². The molecule has 0 unspecified atom stereocenters. The molecule has 0 saturated carbocycles. The molecule has 2 heterocycles. The number of carbonyl (C=O) groups excluding carboxylic acids is 1. The summed E-state index contributed by atoms with van der Waals surface area (Å²) in [5.41, 5.74) is 6.96. The Bertz CT molecular complexity index is 1050. The fourth-order valence-electron chi connectivity index (χ4n) is 4.39. The molecule has 0 spiro atoms. The lowest BCUT2D eigenvalue weighted by Crippen LogP contribution is -2.32. The smallest absolute Gasteiger partial charge is 0.222 e. The molecule has 0 bridgehead atoms. The van der Waals surface area contributed by atoms with Crippen LogP contribution in [0.5, 0.6) is 0 Å². The second-order valence-corrected chi connectivity index (χ2v) is 9.83. The van der Waals surface area contributed by atoms with Crippen LogP contribution < -0.4 is 0 Å². The molecular weight excluding hydrogens is 392 g/mol. The van der Waals surface area contributed by atoms with E-state index in [1.807, 2.05) is 23.1 Å². The van der Waals surface area contributed by atoms with E-state index in [1.54, 1.807) is 0 Å². The first kappa shape index (κ1) is 22.3. The topological polar surface area (TPSA) is 33.2 Å². The van der Waals surface area contributed by atoms with Gasteiger partial charge in [0.2, 0.25) is 5.91 Å². The average Bonchev–Trinajstić information content (AvgIpc) is 3.01. The minimum Gasteiger partial charge on any atom is -0.342 e. The summed E-state index contributed by atoms with van der Waals surface area (Å²) >= 11 is 0. The Kier molecular flexibility index (Phi) is 6.74. The van der Waals surface area contributed by atoms with Gasteiger partial charge in [-0.2, -0.15) is 0 Å². The summed E-state index contributed by atoms with van der Waals surface area (Å²) in [5, 5.41) is 0.